The van der Waals surface area contributed by atoms with Crippen molar-refractivity contribution < 1.29 is 4.52 Å². The molecule has 6 nitrogen and oxygen atoms in total. The summed E-state index contributed by atoms with van der Waals surface area (Å²) in [5, 5.41) is 12.4. The Morgan fingerprint density at radius 1 is 1.41 bits per heavy atom. The smallest absolute Gasteiger partial charge is 0.266 e. The van der Waals surface area contributed by atoms with Crippen molar-refractivity contribution in [2.24, 2.45) is 0 Å². The van der Waals surface area contributed by atoms with Gasteiger partial charge in [-0.3, -0.25) is 0 Å². The average Bonchev–Trinajstić information content (AvgIpc) is 2.79. The predicted molar refractivity (Wildman–Crippen MR) is 65.8 cm³/mol. The Hall–Kier alpha value is -1.26. The summed E-state index contributed by atoms with van der Waals surface area (Å²) < 4.78 is 5.14. The third kappa shape index (κ3) is 3.35. The van der Waals surface area contributed by atoms with Crippen molar-refractivity contribution in [3.63, 3.8) is 0 Å². The van der Waals surface area contributed by atoms with Crippen molar-refractivity contribution in [2.45, 2.75) is 5.75 Å². The van der Waals surface area contributed by atoms with Crippen LogP contribution >= 0.6 is 11.8 Å². The maximum Gasteiger partial charge on any atom is 0.266 e. The average molecular weight is 253 g/mol. The molecule has 0 aliphatic carbocycles. The van der Waals surface area contributed by atoms with E-state index in [-0.39, 0.29) is 0 Å². The first-order chi connectivity index (χ1) is 8.29. The van der Waals surface area contributed by atoms with Gasteiger partial charge in [0.25, 0.3) is 5.95 Å². The zero-order valence-electron chi connectivity index (χ0n) is 9.80. The Labute approximate surface area is 105 Å². The van der Waals surface area contributed by atoms with E-state index >= 15 is 0 Å². The van der Waals surface area contributed by atoms with Crippen LogP contribution in [0.1, 0.15) is 5.89 Å². The summed E-state index contributed by atoms with van der Waals surface area (Å²) in [7, 11) is 2.11. The highest BCUT2D eigenvalue weighted by Gasteiger charge is 2.18. The van der Waals surface area contributed by atoms with Gasteiger partial charge in [-0.2, -0.15) is 10.2 Å². The minimum Gasteiger partial charge on any atom is -0.336 e. The quantitative estimate of drug-likeness (QED) is 0.727. The zero-order chi connectivity index (χ0) is 12.1. The fourth-order valence-electron chi connectivity index (χ4n) is 1.62. The van der Waals surface area contributed by atoms with Gasteiger partial charge >= 0.3 is 0 Å². The number of thioether (sulfide) groups is 1. The van der Waals surface area contributed by atoms with Gasteiger partial charge in [-0.1, -0.05) is 0 Å². The predicted octanol–water partition coefficient (Wildman–Crippen LogP) is 0.578. The third-order valence-electron chi connectivity index (χ3n) is 2.64. The van der Waals surface area contributed by atoms with Gasteiger partial charge in [-0.25, -0.2) is 0 Å². The van der Waals surface area contributed by atoms with Gasteiger partial charge in [0.05, 0.1) is 17.6 Å². The minimum atomic E-state index is 0.451. The number of piperazine rings is 1. The van der Waals surface area contributed by atoms with Crippen LogP contribution in [0.2, 0.25) is 0 Å². The number of anilines is 1. The second kappa shape index (κ2) is 5.89. The van der Waals surface area contributed by atoms with Gasteiger partial charge in [0.15, 0.2) is 0 Å². The summed E-state index contributed by atoms with van der Waals surface area (Å²) in [5.41, 5.74) is 0. The highest BCUT2D eigenvalue weighted by Crippen LogP contribution is 2.15. The monoisotopic (exact) mass is 253 g/mol. The molecule has 2 rings (SSSR count). The summed E-state index contributed by atoms with van der Waals surface area (Å²) in [6.45, 7) is 3.90. The molecule has 17 heavy (non-hydrogen) atoms. The number of aromatic nitrogens is 2. The van der Waals surface area contributed by atoms with Crippen molar-refractivity contribution in [3.8, 4) is 6.07 Å². The number of rotatable bonds is 4. The van der Waals surface area contributed by atoms with E-state index in [0.29, 0.717) is 23.3 Å². The van der Waals surface area contributed by atoms with Crippen molar-refractivity contribution in [3.05, 3.63) is 5.89 Å². The van der Waals surface area contributed by atoms with Crippen LogP contribution in [-0.2, 0) is 5.75 Å². The largest absolute Gasteiger partial charge is 0.336 e. The fourth-order valence-corrected chi connectivity index (χ4v) is 2.11. The first-order valence-electron chi connectivity index (χ1n) is 5.50. The Morgan fingerprint density at radius 3 is 2.88 bits per heavy atom. The molecule has 0 aromatic carbocycles. The molecule has 92 valence electrons. The Morgan fingerprint density at radius 2 is 2.18 bits per heavy atom. The summed E-state index contributed by atoms with van der Waals surface area (Å²) in [5.74, 6) is 2.32. The molecule has 0 N–H and O–H groups in total. The third-order valence-corrected chi connectivity index (χ3v) is 3.42. The van der Waals surface area contributed by atoms with E-state index < -0.39 is 0 Å². The Kier molecular flexibility index (Phi) is 4.23. The SMILES string of the molecule is CN1CCN(c2noc(CSCC#N)n2)CC1. The number of nitriles is 1. The molecule has 1 aromatic rings. The van der Waals surface area contributed by atoms with E-state index in [4.69, 9.17) is 9.78 Å². The summed E-state index contributed by atoms with van der Waals surface area (Å²) in [6.07, 6.45) is 0. The fraction of sp³-hybridized carbons (Fsp3) is 0.700. The molecule has 1 aromatic heterocycles. The van der Waals surface area contributed by atoms with Gasteiger partial charge in [-0.15, -0.1) is 11.8 Å². The molecule has 0 saturated carbocycles. The summed E-state index contributed by atoms with van der Waals surface area (Å²) in [4.78, 5) is 8.74. The van der Waals surface area contributed by atoms with Gasteiger partial charge in [0.2, 0.25) is 5.89 Å². The molecule has 0 bridgehead atoms. The standard InChI is InChI=1S/C10H15N5OS/c1-14-3-5-15(6-4-14)10-12-9(16-13-10)8-17-7-2-11/h3-8H2,1H3. The normalized spacial score (nSPS) is 17.1. The topological polar surface area (TPSA) is 69.2 Å². The zero-order valence-corrected chi connectivity index (χ0v) is 10.6. The molecule has 7 heteroatoms. The molecule has 1 fully saturated rings. The van der Waals surface area contributed by atoms with Crippen LogP contribution in [0.25, 0.3) is 0 Å². The lowest BCUT2D eigenvalue weighted by Gasteiger charge is -2.31. The lowest BCUT2D eigenvalue weighted by Crippen LogP contribution is -2.44. The first-order valence-corrected chi connectivity index (χ1v) is 6.66. The minimum absolute atomic E-state index is 0.451. The van der Waals surface area contributed by atoms with Crippen LogP contribution in [0.15, 0.2) is 4.52 Å². The highest BCUT2D eigenvalue weighted by atomic mass is 32.2. The lowest BCUT2D eigenvalue weighted by atomic mass is 10.3. The van der Waals surface area contributed by atoms with Crippen LogP contribution in [0, 0.1) is 11.3 Å². The molecule has 0 unspecified atom stereocenters. The molecular formula is C10H15N5OS. The van der Waals surface area contributed by atoms with E-state index in [1.165, 1.54) is 11.8 Å². The molecule has 1 saturated heterocycles. The van der Waals surface area contributed by atoms with Gasteiger partial charge in [0, 0.05) is 26.2 Å². The maximum atomic E-state index is 8.43. The number of hydrogen-bond donors (Lipinski definition) is 0. The molecular weight excluding hydrogens is 238 g/mol. The maximum absolute atomic E-state index is 8.43. The van der Waals surface area contributed by atoms with E-state index in [0.717, 1.165) is 26.2 Å². The van der Waals surface area contributed by atoms with Crippen LogP contribution in [0.4, 0.5) is 5.95 Å². The van der Waals surface area contributed by atoms with Crippen LogP contribution in [0.3, 0.4) is 0 Å². The van der Waals surface area contributed by atoms with Gasteiger partial charge < -0.3 is 14.3 Å². The first kappa shape index (κ1) is 12.2. The highest BCUT2D eigenvalue weighted by molar-refractivity contribution is 7.98. The van der Waals surface area contributed by atoms with Crippen LogP contribution < -0.4 is 4.90 Å². The van der Waals surface area contributed by atoms with Crippen molar-refractivity contribution in [1.29, 1.82) is 5.26 Å². The lowest BCUT2D eigenvalue weighted by molar-refractivity contribution is 0.309. The van der Waals surface area contributed by atoms with Gasteiger partial charge in [0.1, 0.15) is 0 Å². The van der Waals surface area contributed by atoms with E-state index in [2.05, 4.69) is 33.1 Å². The molecule has 1 aliphatic rings. The molecule has 0 spiro atoms. The summed E-state index contributed by atoms with van der Waals surface area (Å²) in [6, 6.07) is 2.07. The molecule has 1 aliphatic heterocycles. The van der Waals surface area contributed by atoms with Crippen LogP contribution in [-0.4, -0.2) is 54.0 Å². The second-order valence-electron chi connectivity index (χ2n) is 3.93. The number of nitrogens with zero attached hydrogens (tertiary/aromatic N) is 5. The molecule has 0 atom stereocenters. The molecule has 0 radical (unpaired) electrons. The van der Waals surface area contributed by atoms with Crippen LogP contribution in [0.5, 0.6) is 0 Å². The molecule has 2 heterocycles. The summed E-state index contributed by atoms with van der Waals surface area (Å²) >= 11 is 1.48. The Bertz CT molecular complexity index is 394. The van der Waals surface area contributed by atoms with E-state index in [9.17, 15) is 0 Å². The second-order valence-corrected chi connectivity index (χ2v) is 4.91. The van der Waals surface area contributed by atoms with E-state index in [1.807, 2.05) is 0 Å². The van der Waals surface area contributed by atoms with Crippen molar-refractivity contribution >= 4 is 17.7 Å². The number of likely N-dealkylation sites (N-methyl/N-ethyl adjacent to an activating group) is 1. The van der Waals surface area contributed by atoms with E-state index in [1.54, 1.807) is 0 Å². The molecule has 0 amide bonds. The van der Waals surface area contributed by atoms with Crippen molar-refractivity contribution in [1.82, 2.24) is 15.0 Å². The van der Waals surface area contributed by atoms with Gasteiger partial charge in [-0.05, 0) is 12.2 Å². The number of hydrogen-bond acceptors (Lipinski definition) is 7. The van der Waals surface area contributed by atoms with Crippen molar-refractivity contribution in [2.75, 3.05) is 43.9 Å². The Balaban J connectivity index is 1.87.